The molecule has 2 N–H and O–H groups in total. The molecular formula is C21H25N5O2. The van der Waals surface area contributed by atoms with Gasteiger partial charge in [-0.3, -0.25) is 19.4 Å². The fourth-order valence-corrected chi connectivity index (χ4v) is 3.99. The molecule has 28 heavy (non-hydrogen) atoms. The minimum atomic E-state index is -0.229. The molecular weight excluding hydrogens is 354 g/mol. The van der Waals surface area contributed by atoms with Crippen LogP contribution < -0.4 is 15.5 Å². The number of aromatic nitrogens is 1. The summed E-state index contributed by atoms with van der Waals surface area (Å²) in [6.45, 7) is 3.14. The van der Waals surface area contributed by atoms with Crippen molar-refractivity contribution in [1.82, 2.24) is 15.2 Å². The number of nitrogens with zero attached hydrogens (tertiary/aromatic N) is 3. The number of fused-ring (bicyclic) bond motifs is 2. The summed E-state index contributed by atoms with van der Waals surface area (Å²) in [5, 5.41) is 6.11. The van der Waals surface area contributed by atoms with Crippen molar-refractivity contribution in [3.8, 4) is 0 Å². The SMILES string of the molecule is CNCC1CCN(CC(=O)N2c3ccccc3C(=O)Nc3cccnc32)CC1. The molecule has 2 amide bonds. The highest BCUT2D eigenvalue weighted by Gasteiger charge is 2.31. The van der Waals surface area contributed by atoms with Gasteiger partial charge in [0, 0.05) is 6.20 Å². The standard InChI is InChI=1S/C21H25N5O2/c1-22-13-15-8-11-25(12-9-15)14-19(27)26-18-7-3-2-5-16(18)21(28)24-17-6-4-10-23-20(17)26/h2-7,10,15,22H,8-9,11-14H2,1H3,(H,24,28). The molecule has 1 fully saturated rings. The van der Waals surface area contributed by atoms with E-state index in [1.54, 1.807) is 41.4 Å². The fraction of sp³-hybridized carbons (Fsp3) is 0.381. The summed E-state index contributed by atoms with van der Waals surface area (Å²) in [6.07, 6.45) is 3.81. The summed E-state index contributed by atoms with van der Waals surface area (Å²) >= 11 is 0. The number of para-hydroxylation sites is 1. The topological polar surface area (TPSA) is 77.6 Å². The Kier molecular flexibility index (Phi) is 5.36. The van der Waals surface area contributed by atoms with E-state index in [0.29, 0.717) is 35.2 Å². The maximum absolute atomic E-state index is 13.4. The van der Waals surface area contributed by atoms with E-state index in [0.717, 1.165) is 32.5 Å². The molecule has 0 unspecified atom stereocenters. The molecule has 7 heteroatoms. The van der Waals surface area contributed by atoms with Gasteiger partial charge >= 0.3 is 0 Å². The Bertz CT molecular complexity index is 877. The van der Waals surface area contributed by atoms with Gasteiger partial charge in [0.25, 0.3) is 5.91 Å². The van der Waals surface area contributed by atoms with Gasteiger partial charge in [0.1, 0.15) is 0 Å². The average molecular weight is 379 g/mol. The molecule has 1 aromatic heterocycles. The first-order valence-corrected chi connectivity index (χ1v) is 9.72. The number of pyridine rings is 1. The number of carbonyl (C=O) groups excluding carboxylic acids is 2. The molecule has 0 radical (unpaired) electrons. The largest absolute Gasteiger partial charge is 0.319 e. The van der Waals surface area contributed by atoms with Gasteiger partial charge in [-0.25, -0.2) is 4.98 Å². The minimum absolute atomic E-state index is 0.0732. The number of piperidine rings is 1. The summed E-state index contributed by atoms with van der Waals surface area (Å²) in [4.78, 5) is 34.2. The number of rotatable bonds is 4. The fourth-order valence-electron chi connectivity index (χ4n) is 3.99. The molecule has 1 aromatic carbocycles. The first-order chi connectivity index (χ1) is 13.7. The Labute approximate surface area is 164 Å². The summed E-state index contributed by atoms with van der Waals surface area (Å²) in [5.41, 5.74) is 1.60. The lowest BCUT2D eigenvalue weighted by Gasteiger charge is -2.33. The van der Waals surface area contributed by atoms with Crippen LogP contribution in [0.5, 0.6) is 0 Å². The predicted molar refractivity (Wildman–Crippen MR) is 109 cm³/mol. The number of anilines is 3. The number of hydrogen-bond acceptors (Lipinski definition) is 5. The number of carbonyl (C=O) groups is 2. The van der Waals surface area contributed by atoms with E-state index in [9.17, 15) is 9.59 Å². The van der Waals surface area contributed by atoms with Crippen LogP contribution in [0.15, 0.2) is 42.6 Å². The average Bonchev–Trinajstić information content (AvgIpc) is 2.83. The second kappa shape index (κ2) is 8.08. The molecule has 2 aliphatic rings. The van der Waals surface area contributed by atoms with Gasteiger partial charge in [-0.05, 0) is 69.7 Å². The quantitative estimate of drug-likeness (QED) is 0.852. The zero-order chi connectivity index (χ0) is 19.5. The second-order valence-corrected chi connectivity index (χ2v) is 7.35. The second-order valence-electron chi connectivity index (χ2n) is 7.35. The molecule has 0 saturated carbocycles. The van der Waals surface area contributed by atoms with Crippen molar-refractivity contribution < 1.29 is 9.59 Å². The van der Waals surface area contributed by atoms with Crippen LogP contribution in [0.1, 0.15) is 23.2 Å². The van der Waals surface area contributed by atoms with Gasteiger partial charge < -0.3 is 10.6 Å². The van der Waals surface area contributed by atoms with Gasteiger partial charge in [0.15, 0.2) is 5.82 Å². The molecule has 2 aliphatic heterocycles. The minimum Gasteiger partial charge on any atom is -0.319 e. The maximum Gasteiger partial charge on any atom is 0.257 e. The molecule has 0 spiro atoms. The molecule has 7 nitrogen and oxygen atoms in total. The molecule has 0 atom stereocenters. The van der Waals surface area contributed by atoms with E-state index in [1.807, 2.05) is 13.1 Å². The van der Waals surface area contributed by atoms with Gasteiger partial charge in [-0.2, -0.15) is 0 Å². The predicted octanol–water partition coefficient (Wildman–Crippen LogP) is 2.24. The number of nitrogens with one attached hydrogen (secondary N) is 2. The third-order valence-corrected chi connectivity index (χ3v) is 5.44. The van der Waals surface area contributed by atoms with E-state index in [4.69, 9.17) is 0 Å². The third-order valence-electron chi connectivity index (χ3n) is 5.44. The summed E-state index contributed by atoms with van der Waals surface area (Å²) in [7, 11) is 1.98. The van der Waals surface area contributed by atoms with Gasteiger partial charge in [0.05, 0.1) is 23.5 Å². The van der Waals surface area contributed by atoms with Gasteiger partial charge in [0.2, 0.25) is 5.91 Å². The smallest absolute Gasteiger partial charge is 0.257 e. The molecule has 2 aromatic rings. The number of hydrogen-bond donors (Lipinski definition) is 2. The van der Waals surface area contributed by atoms with Crippen molar-refractivity contribution in [3.05, 3.63) is 48.2 Å². The monoisotopic (exact) mass is 379 g/mol. The van der Waals surface area contributed by atoms with Crippen molar-refractivity contribution >= 4 is 29.0 Å². The zero-order valence-corrected chi connectivity index (χ0v) is 16.0. The van der Waals surface area contributed by atoms with E-state index in [1.165, 1.54) is 0 Å². The Morgan fingerprint density at radius 1 is 1.21 bits per heavy atom. The highest BCUT2D eigenvalue weighted by atomic mass is 16.2. The normalized spacial score (nSPS) is 17.5. The Morgan fingerprint density at radius 3 is 2.79 bits per heavy atom. The van der Waals surface area contributed by atoms with E-state index >= 15 is 0 Å². The number of amides is 2. The molecule has 0 aliphatic carbocycles. The molecule has 0 bridgehead atoms. The summed E-state index contributed by atoms with van der Waals surface area (Å²) in [6, 6.07) is 10.7. The molecule has 146 valence electrons. The van der Waals surface area contributed by atoms with Crippen molar-refractivity contribution in [3.63, 3.8) is 0 Å². The molecule has 1 saturated heterocycles. The van der Waals surface area contributed by atoms with Crippen molar-refractivity contribution in [1.29, 1.82) is 0 Å². The lowest BCUT2D eigenvalue weighted by molar-refractivity contribution is -0.119. The van der Waals surface area contributed by atoms with Crippen LogP contribution in [0.4, 0.5) is 17.2 Å². The van der Waals surface area contributed by atoms with Crippen LogP contribution >= 0.6 is 0 Å². The van der Waals surface area contributed by atoms with E-state index in [2.05, 4.69) is 20.5 Å². The van der Waals surface area contributed by atoms with Crippen LogP contribution in [-0.4, -0.2) is 54.9 Å². The lowest BCUT2D eigenvalue weighted by Crippen LogP contribution is -2.43. The van der Waals surface area contributed by atoms with Gasteiger partial charge in [-0.1, -0.05) is 12.1 Å². The number of benzene rings is 1. The van der Waals surface area contributed by atoms with Crippen molar-refractivity contribution in [2.45, 2.75) is 12.8 Å². The van der Waals surface area contributed by atoms with E-state index < -0.39 is 0 Å². The van der Waals surface area contributed by atoms with Crippen LogP contribution in [0, 0.1) is 5.92 Å². The number of likely N-dealkylation sites (tertiary alicyclic amines) is 1. The summed E-state index contributed by atoms with van der Waals surface area (Å²) in [5.74, 6) is 0.833. The third kappa shape index (κ3) is 3.63. The molecule has 3 heterocycles. The van der Waals surface area contributed by atoms with Crippen LogP contribution in [0.3, 0.4) is 0 Å². The highest BCUT2D eigenvalue weighted by molar-refractivity contribution is 6.17. The van der Waals surface area contributed by atoms with Crippen LogP contribution in [-0.2, 0) is 4.79 Å². The maximum atomic E-state index is 13.4. The highest BCUT2D eigenvalue weighted by Crippen LogP contribution is 2.36. The first-order valence-electron chi connectivity index (χ1n) is 9.72. The van der Waals surface area contributed by atoms with E-state index in [-0.39, 0.29) is 11.8 Å². The Balaban J connectivity index is 1.61. The van der Waals surface area contributed by atoms with Crippen molar-refractivity contribution in [2.24, 2.45) is 5.92 Å². The van der Waals surface area contributed by atoms with Crippen LogP contribution in [0.25, 0.3) is 0 Å². The Hall–Kier alpha value is -2.77. The van der Waals surface area contributed by atoms with Crippen molar-refractivity contribution in [2.75, 3.05) is 43.4 Å². The van der Waals surface area contributed by atoms with Gasteiger partial charge in [-0.15, -0.1) is 0 Å². The first kappa shape index (κ1) is 18.6. The zero-order valence-electron chi connectivity index (χ0n) is 16.0. The lowest BCUT2D eigenvalue weighted by atomic mass is 9.97. The van der Waals surface area contributed by atoms with Crippen LogP contribution in [0.2, 0.25) is 0 Å². The Morgan fingerprint density at radius 2 is 2.00 bits per heavy atom. The summed E-state index contributed by atoms with van der Waals surface area (Å²) < 4.78 is 0. The molecule has 4 rings (SSSR count).